The van der Waals surface area contributed by atoms with E-state index in [1.165, 1.54) is 25.3 Å². The zero-order valence-electron chi connectivity index (χ0n) is 18.6. The number of aliphatic hydroxyl groups is 1. The Morgan fingerprint density at radius 3 is 2.60 bits per heavy atom. The number of carbonyl (C=O) groups excluding carboxylic acids is 2. The number of rotatable bonds is 10. The number of nitrogens with one attached hydrogen (secondary N) is 2. The van der Waals surface area contributed by atoms with Gasteiger partial charge >= 0.3 is 0 Å². The molecule has 14 heteroatoms. The molecule has 0 aliphatic carbocycles. The lowest BCUT2D eigenvalue weighted by Gasteiger charge is -2.16. The Labute approximate surface area is 208 Å². The van der Waals surface area contributed by atoms with Crippen molar-refractivity contribution in [2.75, 3.05) is 24.8 Å². The van der Waals surface area contributed by atoms with E-state index in [0.29, 0.717) is 22.3 Å². The molecule has 35 heavy (non-hydrogen) atoms. The topological polar surface area (TPSA) is 162 Å². The number of benzene rings is 2. The SMILES string of the molecule is COc1ccc(C(=O)N[C@H](CO)c2nnc(SCC(=O)Nc3cc([N+](=O)[O-])ccc3Cl)n2C)cc1. The monoisotopic (exact) mass is 520 g/mol. The standard InChI is InChI=1S/C21H21ClN6O6S/c1-27-19(17(10-29)24-20(31)12-3-6-14(34-2)7-4-12)25-26-21(27)35-11-18(30)23-16-9-13(28(32)33)5-8-15(16)22/h3-9,17,29H,10-11H2,1-2H3,(H,23,30)(H,24,31)/t17-/m1/s1. The maximum atomic E-state index is 12.6. The van der Waals surface area contributed by atoms with Crippen molar-refractivity contribution < 1.29 is 24.4 Å². The summed E-state index contributed by atoms with van der Waals surface area (Å²) in [6, 6.07) is 9.36. The lowest BCUT2D eigenvalue weighted by atomic mass is 10.2. The van der Waals surface area contributed by atoms with E-state index in [1.54, 1.807) is 35.9 Å². The maximum absolute atomic E-state index is 12.6. The minimum Gasteiger partial charge on any atom is -0.497 e. The van der Waals surface area contributed by atoms with Gasteiger partial charge in [0.1, 0.15) is 11.8 Å². The number of methoxy groups -OCH3 is 1. The third kappa shape index (κ3) is 6.47. The van der Waals surface area contributed by atoms with E-state index in [2.05, 4.69) is 20.8 Å². The molecule has 3 N–H and O–H groups in total. The van der Waals surface area contributed by atoms with Gasteiger partial charge in [0, 0.05) is 24.7 Å². The molecule has 2 amide bonds. The Hall–Kier alpha value is -3.68. The summed E-state index contributed by atoms with van der Waals surface area (Å²) < 4.78 is 6.62. The number of ether oxygens (including phenoxy) is 1. The first-order valence-corrected chi connectivity index (χ1v) is 11.4. The van der Waals surface area contributed by atoms with Crippen molar-refractivity contribution >= 4 is 46.6 Å². The van der Waals surface area contributed by atoms with Crippen molar-refractivity contribution in [3.05, 3.63) is 69.0 Å². The van der Waals surface area contributed by atoms with Crippen LogP contribution in [0.5, 0.6) is 5.75 Å². The first-order chi connectivity index (χ1) is 16.7. The fourth-order valence-electron chi connectivity index (χ4n) is 2.97. The maximum Gasteiger partial charge on any atom is 0.271 e. The first-order valence-electron chi connectivity index (χ1n) is 10.0. The second kappa shape index (κ2) is 11.6. The van der Waals surface area contributed by atoms with Crippen LogP contribution in [0.2, 0.25) is 5.02 Å². The van der Waals surface area contributed by atoms with Gasteiger partial charge in [-0.25, -0.2) is 0 Å². The zero-order valence-corrected chi connectivity index (χ0v) is 20.2. The summed E-state index contributed by atoms with van der Waals surface area (Å²) in [5, 5.41) is 34.6. The summed E-state index contributed by atoms with van der Waals surface area (Å²) in [5.74, 6) is -0.0795. The second-order valence-corrected chi connectivity index (χ2v) is 8.44. The predicted molar refractivity (Wildman–Crippen MR) is 129 cm³/mol. The number of carbonyl (C=O) groups is 2. The van der Waals surface area contributed by atoms with Crippen LogP contribution in [0.15, 0.2) is 47.6 Å². The molecule has 2 aromatic carbocycles. The highest BCUT2D eigenvalue weighted by atomic mass is 35.5. The molecule has 1 aromatic heterocycles. The van der Waals surface area contributed by atoms with Gasteiger partial charge < -0.3 is 25.0 Å². The molecular weight excluding hydrogens is 500 g/mol. The number of nitrogens with zero attached hydrogens (tertiary/aromatic N) is 4. The van der Waals surface area contributed by atoms with Crippen molar-refractivity contribution in [2.24, 2.45) is 7.05 Å². The molecule has 0 fully saturated rings. The Morgan fingerprint density at radius 2 is 1.97 bits per heavy atom. The molecule has 3 rings (SSSR count). The van der Waals surface area contributed by atoms with Crippen molar-refractivity contribution in [2.45, 2.75) is 11.2 Å². The molecule has 1 atom stereocenters. The number of non-ortho nitro benzene ring substituents is 1. The van der Waals surface area contributed by atoms with Gasteiger partial charge in [-0.1, -0.05) is 23.4 Å². The van der Waals surface area contributed by atoms with E-state index in [1.807, 2.05) is 0 Å². The molecule has 0 aliphatic rings. The van der Waals surface area contributed by atoms with Gasteiger partial charge in [0.15, 0.2) is 11.0 Å². The van der Waals surface area contributed by atoms with Gasteiger partial charge in [0.2, 0.25) is 5.91 Å². The average Bonchev–Trinajstić information content (AvgIpc) is 3.22. The van der Waals surface area contributed by atoms with Crippen LogP contribution in [-0.4, -0.2) is 56.1 Å². The van der Waals surface area contributed by atoms with Gasteiger partial charge in [0.05, 0.1) is 35.1 Å². The highest BCUT2D eigenvalue weighted by molar-refractivity contribution is 7.99. The van der Waals surface area contributed by atoms with Gasteiger partial charge in [0.25, 0.3) is 11.6 Å². The van der Waals surface area contributed by atoms with Gasteiger partial charge in [-0.2, -0.15) is 0 Å². The zero-order chi connectivity index (χ0) is 25.5. The quantitative estimate of drug-likeness (QED) is 0.207. The highest BCUT2D eigenvalue weighted by Gasteiger charge is 2.22. The Morgan fingerprint density at radius 1 is 1.26 bits per heavy atom. The largest absolute Gasteiger partial charge is 0.497 e. The van der Waals surface area contributed by atoms with E-state index in [9.17, 15) is 24.8 Å². The average molecular weight is 521 g/mol. The minimum atomic E-state index is -0.839. The Balaban J connectivity index is 1.63. The van der Waals surface area contributed by atoms with Crippen molar-refractivity contribution in [1.29, 1.82) is 0 Å². The van der Waals surface area contributed by atoms with Crippen LogP contribution in [0.3, 0.4) is 0 Å². The molecule has 1 heterocycles. The van der Waals surface area contributed by atoms with E-state index in [4.69, 9.17) is 16.3 Å². The Kier molecular flexibility index (Phi) is 8.63. The fraction of sp³-hybridized carbons (Fsp3) is 0.238. The molecular formula is C21H21ClN6O6S. The summed E-state index contributed by atoms with van der Waals surface area (Å²) in [4.78, 5) is 35.2. The number of nitro groups is 1. The molecule has 3 aromatic rings. The van der Waals surface area contributed by atoms with Crippen LogP contribution in [0.4, 0.5) is 11.4 Å². The fourth-order valence-corrected chi connectivity index (χ4v) is 3.85. The van der Waals surface area contributed by atoms with Crippen LogP contribution in [-0.2, 0) is 11.8 Å². The van der Waals surface area contributed by atoms with Crippen molar-refractivity contribution in [1.82, 2.24) is 20.1 Å². The molecule has 0 aliphatic heterocycles. The van der Waals surface area contributed by atoms with E-state index < -0.39 is 29.4 Å². The number of aromatic nitrogens is 3. The number of thioether (sulfide) groups is 1. The molecule has 0 spiro atoms. The molecule has 12 nitrogen and oxygen atoms in total. The molecule has 0 unspecified atom stereocenters. The molecule has 0 saturated heterocycles. The Bertz CT molecular complexity index is 1240. The number of aliphatic hydroxyl groups excluding tert-OH is 1. The summed E-state index contributed by atoms with van der Waals surface area (Å²) in [6.07, 6.45) is 0. The summed E-state index contributed by atoms with van der Waals surface area (Å²) in [7, 11) is 3.16. The van der Waals surface area contributed by atoms with Crippen LogP contribution >= 0.6 is 23.4 Å². The molecule has 0 bridgehead atoms. The van der Waals surface area contributed by atoms with E-state index in [-0.39, 0.29) is 22.2 Å². The van der Waals surface area contributed by atoms with Crippen LogP contribution in [0.25, 0.3) is 0 Å². The minimum absolute atomic E-state index is 0.0903. The smallest absolute Gasteiger partial charge is 0.271 e. The number of hydrogen-bond acceptors (Lipinski definition) is 9. The van der Waals surface area contributed by atoms with Crippen molar-refractivity contribution in [3.8, 4) is 5.75 Å². The van der Waals surface area contributed by atoms with E-state index >= 15 is 0 Å². The van der Waals surface area contributed by atoms with Crippen LogP contribution in [0, 0.1) is 10.1 Å². The number of amides is 2. The van der Waals surface area contributed by atoms with Gasteiger partial charge in [-0.15, -0.1) is 10.2 Å². The first kappa shape index (κ1) is 25.9. The van der Waals surface area contributed by atoms with Crippen LogP contribution < -0.4 is 15.4 Å². The van der Waals surface area contributed by atoms with Gasteiger partial charge in [-0.05, 0) is 30.3 Å². The second-order valence-electron chi connectivity index (χ2n) is 7.10. The number of anilines is 1. The van der Waals surface area contributed by atoms with Crippen LogP contribution in [0.1, 0.15) is 22.2 Å². The molecule has 184 valence electrons. The summed E-state index contributed by atoms with van der Waals surface area (Å²) in [5.41, 5.74) is 0.284. The number of nitro benzene ring substituents is 1. The third-order valence-corrected chi connectivity index (χ3v) is 6.14. The molecule has 0 saturated carbocycles. The predicted octanol–water partition coefficient (Wildman–Crippen LogP) is 2.58. The lowest BCUT2D eigenvalue weighted by molar-refractivity contribution is -0.384. The number of hydrogen-bond donors (Lipinski definition) is 3. The van der Waals surface area contributed by atoms with Gasteiger partial charge in [-0.3, -0.25) is 19.7 Å². The van der Waals surface area contributed by atoms with Crippen molar-refractivity contribution in [3.63, 3.8) is 0 Å². The molecule has 0 radical (unpaired) electrons. The van der Waals surface area contributed by atoms with E-state index in [0.717, 1.165) is 11.8 Å². The third-order valence-electron chi connectivity index (χ3n) is 4.79. The number of halogens is 1. The normalized spacial score (nSPS) is 11.5. The summed E-state index contributed by atoms with van der Waals surface area (Å²) in [6.45, 7) is -0.426. The lowest BCUT2D eigenvalue weighted by Crippen LogP contribution is -2.32. The summed E-state index contributed by atoms with van der Waals surface area (Å²) >= 11 is 7.06. The highest BCUT2D eigenvalue weighted by Crippen LogP contribution is 2.27.